The number of benzene rings is 1. The highest BCUT2D eigenvalue weighted by Crippen LogP contribution is 2.35. The first-order valence-corrected chi connectivity index (χ1v) is 9.08. The van der Waals surface area contributed by atoms with Gasteiger partial charge in [0.05, 0.1) is 13.2 Å². The van der Waals surface area contributed by atoms with E-state index in [-0.39, 0.29) is 30.3 Å². The maximum absolute atomic E-state index is 12.8. The van der Waals surface area contributed by atoms with Crippen LogP contribution in [0.2, 0.25) is 0 Å². The molecule has 1 aromatic rings. The average molecular weight is 369 g/mol. The first-order chi connectivity index (χ1) is 11.6. The van der Waals surface area contributed by atoms with E-state index in [1.54, 1.807) is 0 Å². The SMILES string of the molecule is CCOc1cc2c(cc1OCC)CN(C(=O)C1CCC(N)C1)CC2.Cl. The van der Waals surface area contributed by atoms with E-state index in [0.717, 1.165) is 43.7 Å². The van der Waals surface area contributed by atoms with Crippen LogP contribution in [0.25, 0.3) is 0 Å². The van der Waals surface area contributed by atoms with Gasteiger partial charge in [-0.2, -0.15) is 0 Å². The first kappa shape index (κ1) is 19.9. The molecule has 0 aromatic heterocycles. The van der Waals surface area contributed by atoms with Gasteiger partial charge in [-0.15, -0.1) is 12.4 Å². The highest BCUT2D eigenvalue weighted by atomic mass is 35.5. The first-order valence-electron chi connectivity index (χ1n) is 9.08. The molecule has 1 saturated carbocycles. The Balaban J connectivity index is 0.00000225. The van der Waals surface area contributed by atoms with Crippen molar-refractivity contribution in [2.24, 2.45) is 11.7 Å². The summed E-state index contributed by atoms with van der Waals surface area (Å²) in [6.07, 6.45) is 3.59. The zero-order chi connectivity index (χ0) is 17.1. The third kappa shape index (κ3) is 4.39. The summed E-state index contributed by atoms with van der Waals surface area (Å²) < 4.78 is 11.4. The molecule has 0 bridgehead atoms. The van der Waals surface area contributed by atoms with Gasteiger partial charge in [0.25, 0.3) is 0 Å². The van der Waals surface area contributed by atoms with E-state index in [9.17, 15) is 4.79 Å². The lowest BCUT2D eigenvalue weighted by atomic mass is 9.97. The zero-order valence-corrected chi connectivity index (χ0v) is 15.9. The fourth-order valence-electron chi connectivity index (χ4n) is 3.79. The largest absolute Gasteiger partial charge is 0.490 e. The summed E-state index contributed by atoms with van der Waals surface area (Å²) >= 11 is 0. The van der Waals surface area contributed by atoms with Gasteiger partial charge < -0.3 is 20.1 Å². The number of nitrogens with zero attached hydrogens (tertiary/aromatic N) is 1. The number of halogens is 1. The number of nitrogens with two attached hydrogens (primary N) is 1. The molecule has 0 spiro atoms. The van der Waals surface area contributed by atoms with Crippen molar-refractivity contribution in [2.75, 3.05) is 19.8 Å². The lowest BCUT2D eigenvalue weighted by molar-refractivity contribution is -0.136. The van der Waals surface area contributed by atoms with Gasteiger partial charge in [0, 0.05) is 25.0 Å². The van der Waals surface area contributed by atoms with Crippen LogP contribution in [0.4, 0.5) is 0 Å². The lowest BCUT2D eigenvalue weighted by Crippen LogP contribution is -2.39. The molecule has 0 saturated heterocycles. The zero-order valence-electron chi connectivity index (χ0n) is 15.1. The Labute approximate surface area is 156 Å². The molecule has 0 radical (unpaired) electrons. The second-order valence-electron chi connectivity index (χ2n) is 6.71. The molecule has 2 atom stereocenters. The Kier molecular flexibility index (Phi) is 6.96. The summed E-state index contributed by atoms with van der Waals surface area (Å²) in [4.78, 5) is 14.7. The molecular weight excluding hydrogens is 340 g/mol. The highest BCUT2D eigenvalue weighted by molar-refractivity contribution is 5.85. The van der Waals surface area contributed by atoms with Gasteiger partial charge in [0.1, 0.15) is 0 Å². The fourth-order valence-corrected chi connectivity index (χ4v) is 3.79. The third-order valence-corrected chi connectivity index (χ3v) is 5.01. The summed E-state index contributed by atoms with van der Waals surface area (Å²) in [6.45, 7) is 6.59. The Bertz CT molecular complexity index is 609. The van der Waals surface area contributed by atoms with Crippen LogP contribution in [-0.2, 0) is 17.8 Å². The second kappa shape index (κ2) is 8.77. The molecule has 140 valence electrons. The predicted molar refractivity (Wildman–Crippen MR) is 100 cm³/mol. The molecule has 1 amide bonds. The highest BCUT2D eigenvalue weighted by Gasteiger charge is 2.32. The number of rotatable bonds is 5. The molecule has 5 nitrogen and oxygen atoms in total. The molecule has 1 heterocycles. The minimum absolute atomic E-state index is 0. The smallest absolute Gasteiger partial charge is 0.226 e. The van der Waals surface area contributed by atoms with Crippen molar-refractivity contribution >= 4 is 18.3 Å². The second-order valence-corrected chi connectivity index (χ2v) is 6.71. The summed E-state index contributed by atoms with van der Waals surface area (Å²) in [5, 5.41) is 0. The molecule has 1 aliphatic carbocycles. The Morgan fingerprint density at radius 3 is 2.36 bits per heavy atom. The molecule has 2 aliphatic rings. The van der Waals surface area contributed by atoms with E-state index in [4.69, 9.17) is 15.2 Å². The molecular formula is C19H29ClN2O3. The topological polar surface area (TPSA) is 64.8 Å². The fraction of sp³-hybridized carbons (Fsp3) is 0.632. The van der Waals surface area contributed by atoms with Gasteiger partial charge in [0.2, 0.25) is 5.91 Å². The number of hydrogen-bond donors (Lipinski definition) is 1. The van der Waals surface area contributed by atoms with Crippen molar-refractivity contribution in [3.05, 3.63) is 23.3 Å². The van der Waals surface area contributed by atoms with Gasteiger partial charge >= 0.3 is 0 Å². The van der Waals surface area contributed by atoms with Crippen molar-refractivity contribution in [2.45, 2.75) is 52.1 Å². The maximum Gasteiger partial charge on any atom is 0.226 e. The minimum atomic E-state index is 0. The number of amides is 1. The summed E-state index contributed by atoms with van der Waals surface area (Å²) in [5.74, 6) is 1.95. The van der Waals surface area contributed by atoms with Gasteiger partial charge in [-0.25, -0.2) is 0 Å². The predicted octanol–water partition coefficient (Wildman–Crippen LogP) is 2.92. The number of carbonyl (C=O) groups is 1. The Hall–Kier alpha value is -1.46. The van der Waals surface area contributed by atoms with Gasteiger partial charge in [-0.05, 0) is 62.8 Å². The third-order valence-electron chi connectivity index (χ3n) is 5.01. The summed E-state index contributed by atoms with van der Waals surface area (Å²) in [7, 11) is 0. The van der Waals surface area contributed by atoms with Crippen LogP contribution < -0.4 is 15.2 Å². The molecule has 6 heteroatoms. The molecule has 25 heavy (non-hydrogen) atoms. The molecule has 3 rings (SSSR count). The minimum Gasteiger partial charge on any atom is -0.490 e. The Morgan fingerprint density at radius 1 is 1.16 bits per heavy atom. The monoisotopic (exact) mass is 368 g/mol. The van der Waals surface area contributed by atoms with Crippen LogP contribution in [0.15, 0.2) is 12.1 Å². The van der Waals surface area contributed by atoms with E-state index < -0.39 is 0 Å². The van der Waals surface area contributed by atoms with Crippen molar-refractivity contribution < 1.29 is 14.3 Å². The average Bonchev–Trinajstić information content (AvgIpc) is 3.01. The molecule has 1 aliphatic heterocycles. The number of ether oxygens (including phenoxy) is 2. The summed E-state index contributed by atoms with van der Waals surface area (Å²) in [5.41, 5.74) is 8.39. The van der Waals surface area contributed by atoms with Crippen LogP contribution in [0.3, 0.4) is 0 Å². The quantitative estimate of drug-likeness (QED) is 0.867. The van der Waals surface area contributed by atoms with Crippen LogP contribution in [0, 0.1) is 5.92 Å². The van der Waals surface area contributed by atoms with Crippen LogP contribution in [-0.4, -0.2) is 36.6 Å². The van der Waals surface area contributed by atoms with E-state index >= 15 is 0 Å². The van der Waals surface area contributed by atoms with Crippen LogP contribution >= 0.6 is 12.4 Å². The number of carbonyl (C=O) groups excluding carboxylic acids is 1. The van der Waals surface area contributed by atoms with E-state index in [0.29, 0.717) is 19.8 Å². The molecule has 1 aromatic carbocycles. The van der Waals surface area contributed by atoms with Crippen LogP contribution in [0.5, 0.6) is 11.5 Å². The van der Waals surface area contributed by atoms with Crippen molar-refractivity contribution in [1.82, 2.24) is 4.90 Å². The van der Waals surface area contributed by atoms with E-state index in [1.807, 2.05) is 24.8 Å². The molecule has 2 N–H and O–H groups in total. The number of hydrogen-bond acceptors (Lipinski definition) is 4. The van der Waals surface area contributed by atoms with Gasteiger partial charge in [0.15, 0.2) is 11.5 Å². The molecule has 2 unspecified atom stereocenters. The van der Waals surface area contributed by atoms with Gasteiger partial charge in [-0.3, -0.25) is 4.79 Å². The van der Waals surface area contributed by atoms with Crippen molar-refractivity contribution in [3.8, 4) is 11.5 Å². The van der Waals surface area contributed by atoms with E-state index in [1.165, 1.54) is 11.1 Å². The lowest BCUT2D eigenvalue weighted by Gasteiger charge is -2.31. The maximum atomic E-state index is 12.8. The number of fused-ring (bicyclic) bond motifs is 1. The Morgan fingerprint density at radius 2 is 1.80 bits per heavy atom. The van der Waals surface area contributed by atoms with Crippen LogP contribution in [0.1, 0.15) is 44.2 Å². The normalized spacial score (nSPS) is 22.1. The van der Waals surface area contributed by atoms with Gasteiger partial charge in [-0.1, -0.05) is 0 Å². The van der Waals surface area contributed by atoms with Crippen molar-refractivity contribution in [1.29, 1.82) is 0 Å². The van der Waals surface area contributed by atoms with E-state index in [2.05, 4.69) is 6.07 Å². The molecule has 1 fully saturated rings. The standard InChI is InChI=1S/C19H28N2O3.ClH/c1-3-23-17-10-13-7-8-21(12-15(13)11-18(17)24-4-2)19(22)14-5-6-16(20)9-14;/h10-11,14,16H,3-9,12,20H2,1-2H3;1H. The van der Waals surface area contributed by atoms with Crippen molar-refractivity contribution in [3.63, 3.8) is 0 Å². The summed E-state index contributed by atoms with van der Waals surface area (Å²) in [6, 6.07) is 4.31.